The topological polar surface area (TPSA) is 85.8 Å². The number of aryl methyl sites for hydroxylation is 1. The second-order valence-corrected chi connectivity index (χ2v) is 3.83. The number of amides is 1. The predicted octanol–water partition coefficient (Wildman–Crippen LogP) is 0.271. The molecule has 1 rings (SSSR count). The minimum atomic E-state index is -0.860. The lowest BCUT2D eigenvalue weighted by atomic mass is 9.97. The Labute approximate surface area is 88.9 Å². The fraction of sp³-hybridized carbons (Fsp3) is 0.667. The van der Waals surface area contributed by atoms with Gasteiger partial charge in [-0.15, -0.1) is 0 Å². The van der Waals surface area contributed by atoms with Crippen LogP contribution in [0.25, 0.3) is 0 Å². The zero-order valence-electron chi connectivity index (χ0n) is 9.32. The number of rotatable bonds is 4. The average Bonchev–Trinajstić information content (AvgIpc) is 2.52. The molecular formula is C9H17N5O. The Kier molecular flexibility index (Phi) is 3.41. The highest BCUT2D eigenvalue weighted by molar-refractivity contribution is 5.96. The van der Waals surface area contributed by atoms with Crippen LogP contribution in [0.5, 0.6) is 0 Å². The molecule has 1 aromatic heterocycles. The van der Waals surface area contributed by atoms with Crippen LogP contribution in [0.4, 0.5) is 5.95 Å². The highest BCUT2D eigenvalue weighted by Crippen LogP contribution is 2.11. The van der Waals surface area contributed by atoms with Gasteiger partial charge in [-0.3, -0.25) is 10.1 Å². The fourth-order valence-corrected chi connectivity index (χ4v) is 1.29. The van der Waals surface area contributed by atoms with Crippen LogP contribution in [-0.2, 0) is 11.8 Å². The SMILES string of the molecule is CCCC(C)(N)C(=O)Nc1ncnn1C. The van der Waals surface area contributed by atoms with Gasteiger partial charge in [0.2, 0.25) is 11.9 Å². The van der Waals surface area contributed by atoms with Crippen LogP contribution < -0.4 is 11.1 Å². The van der Waals surface area contributed by atoms with Gasteiger partial charge < -0.3 is 5.73 Å². The molecule has 3 N–H and O–H groups in total. The van der Waals surface area contributed by atoms with Crippen molar-refractivity contribution in [3.05, 3.63) is 6.33 Å². The summed E-state index contributed by atoms with van der Waals surface area (Å²) in [5, 5.41) is 6.49. The number of hydrogen-bond acceptors (Lipinski definition) is 4. The number of nitrogens with two attached hydrogens (primary N) is 1. The van der Waals surface area contributed by atoms with E-state index in [2.05, 4.69) is 15.4 Å². The van der Waals surface area contributed by atoms with Gasteiger partial charge in [0, 0.05) is 7.05 Å². The molecule has 1 amide bonds. The van der Waals surface area contributed by atoms with E-state index in [-0.39, 0.29) is 5.91 Å². The lowest BCUT2D eigenvalue weighted by molar-refractivity contribution is -0.120. The number of hydrogen-bond donors (Lipinski definition) is 2. The van der Waals surface area contributed by atoms with Crippen LogP contribution >= 0.6 is 0 Å². The maximum absolute atomic E-state index is 11.8. The smallest absolute Gasteiger partial charge is 0.246 e. The molecule has 0 aromatic carbocycles. The van der Waals surface area contributed by atoms with Crippen molar-refractivity contribution in [1.82, 2.24) is 14.8 Å². The van der Waals surface area contributed by atoms with E-state index in [4.69, 9.17) is 5.73 Å². The number of carbonyl (C=O) groups is 1. The summed E-state index contributed by atoms with van der Waals surface area (Å²) in [6.07, 6.45) is 2.87. The molecule has 0 aliphatic carbocycles. The summed E-state index contributed by atoms with van der Waals surface area (Å²) in [5.41, 5.74) is 5.01. The number of nitrogens with zero attached hydrogens (tertiary/aromatic N) is 3. The summed E-state index contributed by atoms with van der Waals surface area (Å²) in [6, 6.07) is 0. The largest absolute Gasteiger partial charge is 0.318 e. The maximum Gasteiger partial charge on any atom is 0.246 e. The summed E-state index contributed by atoms with van der Waals surface area (Å²) >= 11 is 0. The van der Waals surface area contributed by atoms with Gasteiger partial charge in [0.25, 0.3) is 0 Å². The molecule has 0 saturated carbocycles. The highest BCUT2D eigenvalue weighted by Gasteiger charge is 2.27. The van der Waals surface area contributed by atoms with Crippen LogP contribution in [0, 0.1) is 0 Å². The Bertz CT molecular complexity index is 344. The number of carbonyl (C=O) groups excluding carboxylic acids is 1. The number of nitrogens with one attached hydrogen (secondary N) is 1. The summed E-state index contributed by atoms with van der Waals surface area (Å²) < 4.78 is 1.49. The molecule has 0 aliphatic heterocycles. The molecular weight excluding hydrogens is 194 g/mol. The van der Waals surface area contributed by atoms with Crippen LogP contribution in [-0.4, -0.2) is 26.2 Å². The first-order chi connectivity index (χ1) is 6.97. The van der Waals surface area contributed by atoms with E-state index in [9.17, 15) is 4.79 Å². The Morgan fingerprint density at radius 3 is 2.87 bits per heavy atom. The lowest BCUT2D eigenvalue weighted by Gasteiger charge is -2.22. The minimum absolute atomic E-state index is 0.236. The van der Waals surface area contributed by atoms with Crippen molar-refractivity contribution < 1.29 is 4.79 Å². The Morgan fingerprint density at radius 1 is 1.73 bits per heavy atom. The zero-order chi connectivity index (χ0) is 11.5. The van der Waals surface area contributed by atoms with Crippen molar-refractivity contribution in [1.29, 1.82) is 0 Å². The van der Waals surface area contributed by atoms with Crippen molar-refractivity contribution in [2.45, 2.75) is 32.2 Å². The van der Waals surface area contributed by atoms with E-state index in [0.29, 0.717) is 12.4 Å². The Hall–Kier alpha value is -1.43. The molecule has 0 aliphatic rings. The summed E-state index contributed by atoms with van der Waals surface area (Å²) in [7, 11) is 1.70. The molecule has 1 unspecified atom stereocenters. The van der Waals surface area contributed by atoms with Gasteiger partial charge in [-0.25, -0.2) is 4.68 Å². The van der Waals surface area contributed by atoms with Crippen molar-refractivity contribution in [2.24, 2.45) is 12.8 Å². The first-order valence-electron chi connectivity index (χ1n) is 4.91. The average molecular weight is 211 g/mol. The molecule has 1 atom stereocenters. The molecule has 84 valence electrons. The summed E-state index contributed by atoms with van der Waals surface area (Å²) in [4.78, 5) is 15.7. The molecule has 6 nitrogen and oxygen atoms in total. The first kappa shape index (κ1) is 11.6. The van der Waals surface area contributed by atoms with Crippen molar-refractivity contribution in [2.75, 3.05) is 5.32 Å². The standard InChI is InChI=1S/C9H17N5O/c1-4-5-9(2,10)7(15)13-8-11-6-12-14(8)3/h6H,4-5,10H2,1-3H3,(H,11,12,13,15). The van der Waals surface area contributed by atoms with Gasteiger partial charge in [-0.1, -0.05) is 13.3 Å². The second kappa shape index (κ2) is 4.39. The second-order valence-electron chi connectivity index (χ2n) is 3.83. The molecule has 0 bridgehead atoms. The van der Waals surface area contributed by atoms with Crippen molar-refractivity contribution in [3.63, 3.8) is 0 Å². The normalized spacial score (nSPS) is 14.7. The van der Waals surface area contributed by atoms with Gasteiger partial charge in [0.05, 0.1) is 5.54 Å². The third-order valence-corrected chi connectivity index (χ3v) is 2.22. The van der Waals surface area contributed by atoms with E-state index in [1.807, 2.05) is 6.92 Å². The van der Waals surface area contributed by atoms with Gasteiger partial charge in [0.15, 0.2) is 0 Å². The minimum Gasteiger partial charge on any atom is -0.318 e. The monoisotopic (exact) mass is 211 g/mol. The molecule has 15 heavy (non-hydrogen) atoms. The molecule has 0 spiro atoms. The molecule has 1 aromatic rings. The summed E-state index contributed by atoms with van der Waals surface area (Å²) in [5.74, 6) is 0.174. The van der Waals surface area contributed by atoms with Crippen LogP contribution in [0.15, 0.2) is 6.33 Å². The van der Waals surface area contributed by atoms with Gasteiger partial charge >= 0.3 is 0 Å². The Balaban J connectivity index is 2.67. The van der Waals surface area contributed by atoms with E-state index in [1.54, 1.807) is 14.0 Å². The van der Waals surface area contributed by atoms with Gasteiger partial charge in [-0.2, -0.15) is 10.1 Å². The van der Waals surface area contributed by atoms with E-state index in [1.165, 1.54) is 11.0 Å². The van der Waals surface area contributed by atoms with Crippen molar-refractivity contribution in [3.8, 4) is 0 Å². The molecule has 0 radical (unpaired) electrons. The first-order valence-corrected chi connectivity index (χ1v) is 4.91. The van der Waals surface area contributed by atoms with Crippen LogP contribution in [0.1, 0.15) is 26.7 Å². The number of aromatic nitrogens is 3. The quantitative estimate of drug-likeness (QED) is 0.748. The summed E-state index contributed by atoms with van der Waals surface area (Å²) in [6.45, 7) is 3.70. The van der Waals surface area contributed by atoms with Crippen molar-refractivity contribution >= 4 is 11.9 Å². The maximum atomic E-state index is 11.8. The molecule has 1 heterocycles. The molecule has 0 saturated heterocycles. The predicted molar refractivity (Wildman–Crippen MR) is 57.1 cm³/mol. The van der Waals surface area contributed by atoms with Gasteiger partial charge in [-0.05, 0) is 13.3 Å². The van der Waals surface area contributed by atoms with Crippen LogP contribution in [0.2, 0.25) is 0 Å². The zero-order valence-corrected chi connectivity index (χ0v) is 9.32. The van der Waals surface area contributed by atoms with E-state index in [0.717, 1.165) is 6.42 Å². The van der Waals surface area contributed by atoms with E-state index < -0.39 is 5.54 Å². The fourth-order valence-electron chi connectivity index (χ4n) is 1.29. The highest BCUT2D eigenvalue weighted by atomic mass is 16.2. The van der Waals surface area contributed by atoms with E-state index >= 15 is 0 Å². The molecule has 0 fully saturated rings. The van der Waals surface area contributed by atoms with Gasteiger partial charge in [0.1, 0.15) is 6.33 Å². The third kappa shape index (κ3) is 2.76. The lowest BCUT2D eigenvalue weighted by Crippen LogP contribution is -2.48. The Morgan fingerprint density at radius 2 is 2.40 bits per heavy atom. The third-order valence-electron chi connectivity index (χ3n) is 2.22. The molecule has 6 heteroatoms. The van der Waals surface area contributed by atoms with Crippen LogP contribution in [0.3, 0.4) is 0 Å². The number of anilines is 1.